The van der Waals surface area contributed by atoms with E-state index in [-0.39, 0.29) is 5.41 Å². The molecule has 1 aliphatic carbocycles. The van der Waals surface area contributed by atoms with Crippen molar-refractivity contribution in [2.75, 3.05) is 0 Å². The van der Waals surface area contributed by atoms with Crippen molar-refractivity contribution < 1.29 is 8.83 Å². The van der Waals surface area contributed by atoms with E-state index in [1.165, 1.54) is 65.7 Å². The minimum atomic E-state index is -0.162. The van der Waals surface area contributed by atoms with Crippen LogP contribution in [0.2, 0.25) is 0 Å². The number of furan rings is 2. The van der Waals surface area contributed by atoms with Gasteiger partial charge in [0.1, 0.15) is 16.7 Å². The molecule has 0 N–H and O–H groups in total. The topological polar surface area (TPSA) is 26.3 Å². The van der Waals surface area contributed by atoms with Crippen molar-refractivity contribution in [2.45, 2.75) is 19.3 Å². The lowest BCUT2D eigenvalue weighted by Crippen LogP contribution is -2.15. The van der Waals surface area contributed by atoms with Gasteiger partial charge in [-0.1, -0.05) is 123 Å². The molecule has 0 aliphatic heterocycles. The van der Waals surface area contributed by atoms with Crippen molar-refractivity contribution in [3.05, 3.63) is 145 Å². The van der Waals surface area contributed by atoms with E-state index < -0.39 is 0 Å². The Hall–Kier alpha value is -5.60. The highest BCUT2D eigenvalue weighted by molar-refractivity contribution is 6.26. The van der Waals surface area contributed by atoms with Crippen molar-refractivity contribution in [1.29, 1.82) is 0 Å². The first-order valence-corrected chi connectivity index (χ1v) is 15.6. The van der Waals surface area contributed by atoms with E-state index in [4.69, 9.17) is 8.83 Å². The molecule has 0 amide bonds. The molecule has 0 bridgehead atoms. The van der Waals surface area contributed by atoms with Crippen LogP contribution in [0.5, 0.6) is 0 Å². The van der Waals surface area contributed by atoms with E-state index in [9.17, 15) is 0 Å². The number of para-hydroxylation sites is 2. The lowest BCUT2D eigenvalue weighted by Gasteiger charge is -2.23. The Morgan fingerprint density at radius 2 is 1.09 bits per heavy atom. The van der Waals surface area contributed by atoms with Crippen LogP contribution in [0.4, 0.5) is 0 Å². The van der Waals surface area contributed by atoms with Gasteiger partial charge in [-0.3, -0.25) is 0 Å². The predicted molar refractivity (Wildman–Crippen MR) is 187 cm³/mol. The fourth-order valence-electron chi connectivity index (χ4n) is 8.24. The first kappa shape index (κ1) is 24.8. The fraction of sp³-hybridized carbons (Fsp3) is 0.0698. The maximum atomic E-state index is 6.90. The number of benzene rings is 7. The molecule has 0 spiro atoms. The van der Waals surface area contributed by atoms with Crippen LogP contribution in [0.25, 0.3) is 87.8 Å². The van der Waals surface area contributed by atoms with Crippen molar-refractivity contribution in [3.8, 4) is 33.4 Å². The number of hydrogen-bond donors (Lipinski definition) is 0. The third kappa shape index (κ3) is 3.18. The average molecular weight is 577 g/mol. The van der Waals surface area contributed by atoms with Crippen molar-refractivity contribution >= 4 is 54.5 Å². The SMILES string of the molecule is CC1(C)c2ccccc2-c2cc(-c3c4ccccc4c(-c4cccc5ccoc45)c4ccccc34)c3oc4ccccc4c3c21. The smallest absolute Gasteiger partial charge is 0.143 e. The first-order valence-electron chi connectivity index (χ1n) is 15.6. The lowest BCUT2D eigenvalue weighted by atomic mass is 9.79. The molecule has 2 nitrogen and oxygen atoms in total. The molecule has 7 aromatic carbocycles. The van der Waals surface area contributed by atoms with Gasteiger partial charge in [-0.25, -0.2) is 0 Å². The predicted octanol–water partition coefficient (Wildman–Crippen LogP) is 12.3. The number of rotatable bonds is 2. The van der Waals surface area contributed by atoms with E-state index in [0.29, 0.717) is 0 Å². The average Bonchev–Trinajstić information content (AvgIpc) is 3.77. The summed E-state index contributed by atoms with van der Waals surface area (Å²) in [5.41, 5.74) is 12.6. The molecule has 0 atom stereocenters. The standard InChI is InChI=1S/C43H28O2/c1-43(2)35-20-9-7-13-26(35)33-24-34(42-39(40(33)43)31-18-8-10-21-36(31)45-42)38-29-16-5-3-14-27(29)37(28-15-4-6-17-30(28)38)32-19-11-12-25-22-23-44-41(25)32/h3-24H,1-2H3. The molecule has 45 heavy (non-hydrogen) atoms. The monoisotopic (exact) mass is 576 g/mol. The zero-order valence-corrected chi connectivity index (χ0v) is 25.0. The highest BCUT2D eigenvalue weighted by atomic mass is 16.3. The van der Waals surface area contributed by atoms with Crippen molar-refractivity contribution in [2.24, 2.45) is 0 Å². The van der Waals surface area contributed by atoms with Crippen LogP contribution < -0.4 is 0 Å². The Morgan fingerprint density at radius 1 is 0.489 bits per heavy atom. The highest BCUT2D eigenvalue weighted by Crippen LogP contribution is 2.56. The quantitative estimate of drug-likeness (QED) is 0.191. The summed E-state index contributed by atoms with van der Waals surface area (Å²) >= 11 is 0. The Bertz CT molecular complexity index is 2620. The molecular formula is C43H28O2. The third-order valence-corrected chi connectivity index (χ3v) is 10.1. The van der Waals surface area contributed by atoms with Crippen LogP contribution in [0.3, 0.4) is 0 Å². The normalized spacial score (nSPS) is 13.7. The van der Waals surface area contributed by atoms with Gasteiger partial charge in [0.25, 0.3) is 0 Å². The Labute approximate surface area is 260 Å². The van der Waals surface area contributed by atoms with Gasteiger partial charge in [-0.15, -0.1) is 0 Å². The van der Waals surface area contributed by atoms with E-state index in [2.05, 4.69) is 135 Å². The van der Waals surface area contributed by atoms with Crippen LogP contribution in [0, 0.1) is 0 Å². The molecule has 0 radical (unpaired) electrons. The zero-order valence-electron chi connectivity index (χ0n) is 25.0. The Kier molecular flexibility index (Phi) is 4.82. The van der Waals surface area contributed by atoms with Gasteiger partial charge in [-0.05, 0) is 62.0 Å². The largest absolute Gasteiger partial charge is 0.464 e. The van der Waals surface area contributed by atoms with Gasteiger partial charge in [-0.2, -0.15) is 0 Å². The second kappa shape index (κ2) is 8.74. The third-order valence-electron chi connectivity index (χ3n) is 10.1. The van der Waals surface area contributed by atoms with E-state index >= 15 is 0 Å². The van der Waals surface area contributed by atoms with E-state index in [1.54, 1.807) is 6.26 Å². The van der Waals surface area contributed by atoms with Crippen LogP contribution in [-0.4, -0.2) is 0 Å². The van der Waals surface area contributed by atoms with Gasteiger partial charge < -0.3 is 8.83 Å². The summed E-state index contributed by atoms with van der Waals surface area (Å²) in [6.45, 7) is 4.71. The molecule has 0 fully saturated rings. The van der Waals surface area contributed by atoms with Gasteiger partial charge in [0.15, 0.2) is 0 Å². The molecule has 212 valence electrons. The van der Waals surface area contributed by atoms with E-state index in [0.717, 1.165) is 33.3 Å². The Morgan fingerprint density at radius 3 is 1.82 bits per heavy atom. The van der Waals surface area contributed by atoms with Gasteiger partial charge >= 0.3 is 0 Å². The van der Waals surface area contributed by atoms with Crippen LogP contribution in [-0.2, 0) is 5.41 Å². The first-order chi connectivity index (χ1) is 22.1. The molecule has 9 aromatic rings. The summed E-state index contributed by atoms with van der Waals surface area (Å²) in [6.07, 6.45) is 1.79. The molecule has 2 heteroatoms. The molecule has 0 unspecified atom stereocenters. The van der Waals surface area contributed by atoms with Crippen LogP contribution in [0.15, 0.2) is 142 Å². The molecule has 2 heterocycles. The molecule has 0 saturated heterocycles. The summed E-state index contributed by atoms with van der Waals surface area (Å²) in [5.74, 6) is 0. The minimum Gasteiger partial charge on any atom is -0.464 e. The zero-order chi connectivity index (χ0) is 29.9. The summed E-state index contributed by atoms with van der Waals surface area (Å²) in [7, 11) is 0. The van der Waals surface area contributed by atoms with Crippen LogP contribution in [0.1, 0.15) is 25.0 Å². The summed E-state index contributed by atoms with van der Waals surface area (Å²) < 4.78 is 13.0. The fourth-order valence-corrected chi connectivity index (χ4v) is 8.24. The molecule has 1 aliphatic rings. The second-order valence-electron chi connectivity index (χ2n) is 12.8. The van der Waals surface area contributed by atoms with Crippen molar-refractivity contribution in [1.82, 2.24) is 0 Å². The maximum absolute atomic E-state index is 6.90. The molecule has 0 saturated carbocycles. The van der Waals surface area contributed by atoms with Crippen molar-refractivity contribution in [3.63, 3.8) is 0 Å². The molecule has 2 aromatic heterocycles. The number of fused-ring (bicyclic) bond motifs is 10. The van der Waals surface area contributed by atoms with Gasteiger partial charge in [0.05, 0.1) is 6.26 Å². The second-order valence-corrected chi connectivity index (χ2v) is 12.8. The number of hydrogen-bond acceptors (Lipinski definition) is 2. The van der Waals surface area contributed by atoms with Gasteiger partial charge in [0.2, 0.25) is 0 Å². The maximum Gasteiger partial charge on any atom is 0.143 e. The van der Waals surface area contributed by atoms with E-state index in [1.807, 2.05) is 6.07 Å². The summed E-state index contributed by atoms with van der Waals surface area (Å²) in [5, 5.41) is 8.27. The summed E-state index contributed by atoms with van der Waals surface area (Å²) in [6, 6.07) is 45.9. The molecular weight excluding hydrogens is 548 g/mol. The molecule has 10 rings (SSSR count). The summed E-state index contributed by atoms with van der Waals surface area (Å²) in [4.78, 5) is 0. The highest BCUT2D eigenvalue weighted by Gasteiger charge is 2.39. The van der Waals surface area contributed by atoms with Gasteiger partial charge in [0, 0.05) is 43.8 Å². The lowest BCUT2D eigenvalue weighted by molar-refractivity contribution is 0.617. The van der Waals surface area contributed by atoms with Crippen LogP contribution >= 0.6 is 0 Å². The minimum absolute atomic E-state index is 0.162. The Balaban J connectivity index is 1.42.